The average Bonchev–Trinajstić information content (AvgIpc) is 2.69. The molecule has 134 valence electrons. The molecule has 0 saturated carbocycles. The number of benzene rings is 2. The van der Waals surface area contributed by atoms with Crippen LogP contribution in [0.2, 0.25) is 0 Å². The van der Waals surface area contributed by atoms with Crippen molar-refractivity contribution in [2.75, 3.05) is 41.5 Å². The van der Waals surface area contributed by atoms with E-state index in [1.807, 2.05) is 18.2 Å². The molecule has 0 spiro atoms. The van der Waals surface area contributed by atoms with Crippen LogP contribution in [0.1, 0.15) is 11.1 Å². The molecule has 1 heterocycles. The summed E-state index contributed by atoms with van der Waals surface area (Å²) >= 11 is 0. The zero-order valence-electron chi connectivity index (χ0n) is 15.3. The van der Waals surface area contributed by atoms with Gasteiger partial charge in [0, 0.05) is 13.1 Å². The van der Waals surface area contributed by atoms with Crippen LogP contribution in [0.3, 0.4) is 0 Å². The first-order valence-electron chi connectivity index (χ1n) is 8.41. The van der Waals surface area contributed by atoms with E-state index in [4.69, 9.17) is 14.2 Å². The Balaban J connectivity index is 2.26. The minimum absolute atomic E-state index is 0.171. The van der Waals surface area contributed by atoms with Crippen molar-refractivity contribution >= 4 is 0 Å². The first-order valence-corrected chi connectivity index (χ1v) is 8.41. The number of rotatable bonds is 3. The van der Waals surface area contributed by atoms with Crippen LogP contribution in [-0.2, 0) is 12.8 Å². The summed E-state index contributed by atoms with van der Waals surface area (Å²) in [4.78, 5) is 2.30. The van der Waals surface area contributed by atoms with Gasteiger partial charge >= 0.3 is 0 Å². The van der Waals surface area contributed by atoms with Crippen LogP contribution in [-0.4, -0.2) is 51.5 Å². The fraction of sp³-hybridized carbons (Fsp3) is 0.400. The van der Waals surface area contributed by atoms with E-state index < -0.39 is 0 Å². The molecule has 1 aliphatic heterocycles. The Morgan fingerprint density at radius 2 is 1.24 bits per heavy atom. The monoisotopic (exact) mass is 343 g/mol. The molecule has 5 heteroatoms. The van der Waals surface area contributed by atoms with E-state index in [2.05, 4.69) is 18.0 Å². The highest BCUT2D eigenvalue weighted by atomic mass is 16.5. The Bertz CT molecular complexity index is 773. The zero-order chi connectivity index (χ0) is 18.0. The summed E-state index contributed by atoms with van der Waals surface area (Å²) in [5, 5.41) is 10.2. The largest absolute Gasteiger partial charge is 0.504 e. The lowest BCUT2D eigenvalue weighted by molar-refractivity contribution is 0.341. The van der Waals surface area contributed by atoms with Crippen molar-refractivity contribution in [3.63, 3.8) is 0 Å². The molecule has 0 fully saturated rings. The average molecular weight is 343 g/mol. The lowest BCUT2D eigenvalue weighted by Crippen LogP contribution is -2.23. The Labute approximate surface area is 148 Å². The van der Waals surface area contributed by atoms with Crippen molar-refractivity contribution in [3.05, 3.63) is 35.4 Å². The van der Waals surface area contributed by atoms with Gasteiger partial charge in [-0.1, -0.05) is 0 Å². The van der Waals surface area contributed by atoms with Gasteiger partial charge in [0.1, 0.15) is 0 Å². The van der Waals surface area contributed by atoms with Crippen molar-refractivity contribution in [2.24, 2.45) is 0 Å². The molecular formula is C20H25NO4. The number of ether oxygens (including phenoxy) is 3. The van der Waals surface area contributed by atoms with Gasteiger partial charge in [0.2, 0.25) is 0 Å². The highest BCUT2D eigenvalue weighted by molar-refractivity contribution is 5.76. The van der Waals surface area contributed by atoms with Crippen LogP contribution in [0.15, 0.2) is 24.3 Å². The van der Waals surface area contributed by atoms with Gasteiger partial charge in [-0.3, -0.25) is 0 Å². The number of phenols is 1. The van der Waals surface area contributed by atoms with Gasteiger partial charge in [0.05, 0.1) is 21.3 Å². The van der Waals surface area contributed by atoms with Gasteiger partial charge in [-0.2, -0.15) is 0 Å². The summed E-state index contributed by atoms with van der Waals surface area (Å²) in [6.45, 7) is 1.89. The van der Waals surface area contributed by atoms with E-state index in [0.717, 1.165) is 48.4 Å². The molecule has 0 aromatic heterocycles. The van der Waals surface area contributed by atoms with E-state index in [1.165, 1.54) is 5.56 Å². The number of methoxy groups -OCH3 is 3. The van der Waals surface area contributed by atoms with Gasteiger partial charge < -0.3 is 24.2 Å². The molecule has 0 bridgehead atoms. The molecule has 3 rings (SSSR count). The van der Waals surface area contributed by atoms with Crippen molar-refractivity contribution in [2.45, 2.75) is 12.8 Å². The van der Waals surface area contributed by atoms with E-state index in [-0.39, 0.29) is 5.75 Å². The summed E-state index contributed by atoms with van der Waals surface area (Å²) in [7, 11) is 6.99. The molecule has 0 unspecified atom stereocenters. The molecule has 1 aliphatic rings. The second-order valence-electron chi connectivity index (χ2n) is 6.35. The lowest BCUT2D eigenvalue weighted by Gasteiger charge is -2.17. The minimum atomic E-state index is 0.171. The van der Waals surface area contributed by atoms with Gasteiger partial charge in [0.25, 0.3) is 0 Å². The molecule has 0 aliphatic carbocycles. The Kier molecular flexibility index (Phi) is 5.04. The van der Waals surface area contributed by atoms with Crippen LogP contribution < -0.4 is 14.2 Å². The highest BCUT2D eigenvalue weighted by Gasteiger charge is 2.20. The molecule has 2 aromatic carbocycles. The topological polar surface area (TPSA) is 51.2 Å². The fourth-order valence-corrected chi connectivity index (χ4v) is 3.35. The zero-order valence-corrected chi connectivity index (χ0v) is 15.3. The summed E-state index contributed by atoms with van der Waals surface area (Å²) < 4.78 is 16.3. The smallest absolute Gasteiger partial charge is 0.161 e. The predicted molar refractivity (Wildman–Crippen MR) is 98.1 cm³/mol. The third kappa shape index (κ3) is 3.37. The molecule has 0 atom stereocenters. The predicted octanol–water partition coefficient (Wildman–Crippen LogP) is 3.12. The highest BCUT2D eigenvalue weighted by Crippen LogP contribution is 2.41. The number of aromatic hydroxyl groups is 1. The van der Waals surface area contributed by atoms with Crippen LogP contribution in [0, 0.1) is 0 Å². The molecule has 25 heavy (non-hydrogen) atoms. The maximum atomic E-state index is 10.2. The van der Waals surface area contributed by atoms with Gasteiger partial charge in [0.15, 0.2) is 23.0 Å². The van der Waals surface area contributed by atoms with Crippen molar-refractivity contribution in [1.29, 1.82) is 0 Å². The second-order valence-corrected chi connectivity index (χ2v) is 6.35. The Hall–Kier alpha value is -2.40. The minimum Gasteiger partial charge on any atom is -0.504 e. The first-order chi connectivity index (χ1) is 12.1. The second kappa shape index (κ2) is 7.23. The Morgan fingerprint density at radius 3 is 1.80 bits per heavy atom. The number of fused-ring (bicyclic) bond motifs is 3. The fourth-order valence-electron chi connectivity index (χ4n) is 3.35. The van der Waals surface area contributed by atoms with Gasteiger partial charge in [-0.25, -0.2) is 0 Å². The van der Waals surface area contributed by atoms with Crippen molar-refractivity contribution < 1.29 is 19.3 Å². The SMILES string of the molecule is COc1cc2c(cc1O)CCN(C)CCc1cc(OC)c(OC)cc1-2. The number of nitrogens with zero attached hydrogens (tertiary/aromatic N) is 1. The first kappa shape index (κ1) is 17.4. The molecule has 0 amide bonds. The number of likely N-dealkylation sites (N-methyl/N-ethyl adjacent to an activating group) is 1. The summed E-state index contributed by atoms with van der Waals surface area (Å²) in [5.74, 6) is 2.08. The maximum Gasteiger partial charge on any atom is 0.161 e. The molecule has 1 N–H and O–H groups in total. The van der Waals surface area contributed by atoms with Crippen LogP contribution in [0.4, 0.5) is 0 Å². The van der Waals surface area contributed by atoms with Crippen LogP contribution >= 0.6 is 0 Å². The van der Waals surface area contributed by atoms with Crippen LogP contribution in [0.5, 0.6) is 23.0 Å². The number of hydrogen-bond donors (Lipinski definition) is 1. The molecular weight excluding hydrogens is 318 g/mol. The van der Waals surface area contributed by atoms with Crippen molar-refractivity contribution in [1.82, 2.24) is 4.90 Å². The normalized spacial score (nSPS) is 14.6. The van der Waals surface area contributed by atoms with E-state index in [1.54, 1.807) is 21.3 Å². The molecule has 5 nitrogen and oxygen atoms in total. The number of hydrogen-bond acceptors (Lipinski definition) is 5. The summed E-state index contributed by atoms with van der Waals surface area (Å²) in [5.41, 5.74) is 4.46. The Morgan fingerprint density at radius 1 is 0.760 bits per heavy atom. The molecule has 0 radical (unpaired) electrons. The van der Waals surface area contributed by atoms with Gasteiger partial charge in [-0.05, 0) is 66.4 Å². The molecule has 0 saturated heterocycles. The number of phenolic OH excluding ortho intramolecular Hbond substituents is 1. The van der Waals surface area contributed by atoms with E-state index >= 15 is 0 Å². The standard InChI is InChI=1S/C20H25NO4/c1-21-7-5-13-9-17(22)18(23-2)11-15(13)16-12-20(25-4)19(24-3)10-14(16)6-8-21/h9-12,22H,5-8H2,1-4H3. The summed E-state index contributed by atoms with van der Waals surface area (Å²) in [6, 6.07) is 7.81. The van der Waals surface area contributed by atoms with Crippen LogP contribution in [0.25, 0.3) is 11.1 Å². The lowest BCUT2D eigenvalue weighted by atomic mass is 9.92. The third-order valence-electron chi connectivity index (χ3n) is 4.83. The molecule has 2 aromatic rings. The van der Waals surface area contributed by atoms with Crippen molar-refractivity contribution in [3.8, 4) is 34.1 Å². The van der Waals surface area contributed by atoms with E-state index in [0.29, 0.717) is 11.5 Å². The van der Waals surface area contributed by atoms with E-state index in [9.17, 15) is 5.11 Å². The quantitative estimate of drug-likeness (QED) is 0.928. The maximum absolute atomic E-state index is 10.2. The van der Waals surface area contributed by atoms with Gasteiger partial charge in [-0.15, -0.1) is 0 Å². The summed E-state index contributed by atoms with van der Waals surface area (Å²) in [6.07, 6.45) is 1.77. The third-order valence-corrected chi connectivity index (χ3v) is 4.83.